The van der Waals surface area contributed by atoms with Gasteiger partial charge in [0.15, 0.2) is 5.83 Å². The van der Waals surface area contributed by atoms with Crippen LogP contribution >= 0.6 is 0 Å². The molecular weight excluding hydrogens is 622 g/mol. The van der Waals surface area contributed by atoms with Crippen molar-refractivity contribution in [1.29, 1.82) is 0 Å². The zero-order valence-corrected chi connectivity index (χ0v) is 21.8. The number of allylic oxidation sites excluding steroid dienone is 1. The first-order valence-corrected chi connectivity index (χ1v) is 13.1. The molecule has 0 aliphatic heterocycles. The molecule has 240 valence electrons. The average Bonchev–Trinajstić information content (AvgIpc) is 2.80. The predicted octanol–water partition coefficient (Wildman–Crippen LogP) is 7.24. The first-order chi connectivity index (χ1) is 17.8. The van der Waals surface area contributed by atoms with Crippen LogP contribution < -0.4 is 5.32 Å². The lowest BCUT2D eigenvalue weighted by atomic mass is 9.90. The molecule has 0 aromatic rings. The van der Waals surface area contributed by atoms with Crippen LogP contribution in [-0.4, -0.2) is 83.4 Å². The summed E-state index contributed by atoms with van der Waals surface area (Å²) in [6.45, 7) is 3.94. The van der Waals surface area contributed by atoms with E-state index in [2.05, 4.69) is 5.32 Å². The van der Waals surface area contributed by atoms with E-state index in [1.165, 1.54) is 0 Å². The molecule has 0 aromatic carbocycles. The Balaban J connectivity index is 5.76. The van der Waals surface area contributed by atoms with E-state index in [0.29, 0.717) is 0 Å². The summed E-state index contributed by atoms with van der Waals surface area (Å²) in [7, 11) is -3.20. The third-order valence-electron chi connectivity index (χ3n) is 4.98. The Morgan fingerprint density at radius 2 is 1.00 bits per heavy atom. The van der Waals surface area contributed by atoms with Crippen LogP contribution in [0.3, 0.4) is 0 Å². The van der Waals surface area contributed by atoms with Gasteiger partial charge in [-0.25, -0.2) is 4.39 Å². The van der Waals surface area contributed by atoms with E-state index in [4.69, 9.17) is 13.3 Å². The highest BCUT2D eigenvalue weighted by molar-refractivity contribution is 6.60. The van der Waals surface area contributed by atoms with Gasteiger partial charge in [0.1, 0.15) is 0 Å². The maximum absolute atomic E-state index is 13.8. The van der Waals surface area contributed by atoms with E-state index in [9.17, 15) is 70.2 Å². The predicted molar refractivity (Wildman–Crippen MR) is 108 cm³/mol. The summed E-state index contributed by atoms with van der Waals surface area (Å²) in [6, 6.07) is 0.0913. The van der Waals surface area contributed by atoms with E-state index < -0.39 is 69.0 Å². The molecule has 0 spiro atoms. The number of halogens is 16. The number of rotatable bonds is 18. The number of hydrogen-bond donors (Lipinski definition) is 1. The molecule has 0 rings (SSSR count). The van der Waals surface area contributed by atoms with Crippen LogP contribution in [0.5, 0.6) is 0 Å². The fourth-order valence-corrected chi connectivity index (χ4v) is 5.55. The maximum atomic E-state index is 13.8. The van der Waals surface area contributed by atoms with Gasteiger partial charge in [-0.2, -0.15) is 65.9 Å². The second-order valence-electron chi connectivity index (χ2n) is 7.79. The van der Waals surface area contributed by atoms with Gasteiger partial charge in [-0.15, -0.1) is 0 Å². The number of nitrogens with one attached hydrogen (secondary N) is 1. The molecule has 40 heavy (non-hydrogen) atoms. The highest BCUT2D eigenvalue weighted by Gasteiger charge is 2.93. The van der Waals surface area contributed by atoms with E-state index in [1.807, 2.05) is 0 Å². The molecule has 0 amide bonds. The van der Waals surface area contributed by atoms with E-state index in [0.717, 1.165) is 0 Å². The molecule has 0 fully saturated rings. The SMILES string of the molecule is CCO[Si](CCCNC/C=C(\F)C(F)(F)C(F)(F)C(F)(F)C(F)(F)C(F)(F)C(F)(F)C(F)(F)F)(OCC)OCC. The number of hydrogen-bond acceptors (Lipinski definition) is 4. The minimum Gasteiger partial charge on any atom is -0.374 e. The van der Waals surface area contributed by atoms with Crippen molar-refractivity contribution in [2.75, 3.05) is 32.9 Å². The van der Waals surface area contributed by atoms with Crippen LogP contribution in [0.25, 0.3) is 0 Å². The van der Waals surface area contributed by atoms with Crippen LogP contribution in [-0.2, 0) is 13.3 Å². The van der Waals surface area contributed by atoms with Crippen molar-refractivity contribution in [3.8, 4) is 0 Å². The van der Waals surface area contributed by atoms with Crippen molar-refractivity contribution < 1.29 is 83.5 Å². The van der Waals surface area contributed by atoms with Crippen molar-refractivity contribution >= 4 is 8.80 Å². The molecule has 0 atom stereocenters. The third-order valence-corrected chi connectivity index (χ3v) is 8.13. The van der Waals surface area contributed by atoms with Crippen LogP contribution in [0.2, 0.25) is 6.04 Å². The van der Waals surface area contributed by atoms with Gasteiger partial charge >= 0.3 is 50.5 Å². The van der Waals surface area contributed by atoms with E-state index >= 15 is 0 Å². The van der Waals surface area contributed by atoms with Crippen molar-refractivity contribution in [2.24, 2.45) is 0 Å². The maximum Gasteiger partial charge on any atom is 0.500 e. The highest BCUT2D eigenvalue weighted by atomic mass is 28.4. The second kappa shape index (κ2) is 13.3. The fourth-order valence-electron chi connectivity index (χ4n) is 2.94. The molecule has 0 aliphatic rings. The first-order valence-electron chi connectivity index (χ1n) is 11.1. The molecule has 0 radical (unpaired) electrons. The van der Waals surface area contributed by atoms with Crippen molar-refractivity contribution in [1.82, 2.24) is 5.32 Å². The Morgan fingerprint density at radius 1 is 0.625 bits per heavy atom. The Hall–Kier alpha value is -1.32. The van der Waals surface area contributed by atoms with Crippen molar-refractivity contribution in [3.05, 3.63) is 11.9 Å². The summed E-state index contributed by atoms with van der Waals surface area (Å²) < 4.78 is 228. The second-order valence-corrected chi connectivity index (χ2v) is 10.5. The lowest BCUT2D eigenvalue weighted by Gasteiger charge is -2.41. The molecular formula is C19H25F16NO3Si. The third kappa shape index (κ3) is 7.17. The van der Waals surface area contributed by atoms with Gasteiger partial charge in [-0.1, -0.05) is 0 Å². The summed E-state index contributed by atoms with van der Waals surface area (Å²) in [6.07, 6.45) is -8.23. The topological polar surface area (TPSA) is 39.7 Å². The first kappa shape index (κ1) is 38.7. The minimum absolute atomic E-state index is 0.0566. The fraction of sp³-hybridized carbons (Fsp3) is 0.895. The summed E-state index contributed by atoms with van der Waals surface area (Å²) in [4.78, 5) is 0. The Bertz CT molecular complexity index is 818. The molecule has 0 unspecified atom stereocenters. The van der Waals surface area contributed by atoms with Crippen molar-refractivity contribution in [3.63, 3.8) is 0 Å². The Kier molecular flexibility index (Phi) is 12.9. The Labute approximate surface area is 218 Å². The lowest BCUT2D eigenvalue weighted by molar-refractivity contribution is -0.450. The zero-order chi connectivity index (χ0) is 32.1. The van der Waals surface area contributed by atoms with Gasteiger partial charge in [0.2, 0.25) is 0 Å². The van der Waals surface area contributed by atoms with Crippen LogP contribution in [0.15, 0.2) is 11.9 Å². The normalized spacial score (nSPS) is 15.6. The average molecular weight is 647 g/mol. The van der Waals surface area contributed by atoms with E-state index in [-0.39, 0.29) is 38.8 Å². The highest BCUT2D eigenvalue weighted by Crippen LogP contribution is 2.63. The molecule has 0 bridgehead atoms. The van der Waals surface area contributed by atoms with E-state index in [1.54, 1.807) is 20.8 Å². The molecule has 21 heteroatoms. The Morgan fingerprint density at radius 3 is 1.38 bits per heavy atom. The van der Waals surface area contributed by atoms with Gasteiger partial charge in [-0.3, -0.25) is 0 Å². The summed E-state index contributed by atoms with van der Waals surface area (Å²) in [5, 5.41) is 2.15. The van der Waals surface area contributed by atoms with Crippen LogP contribution in [0, 0.1) is 0 Å². The molecule has 0 saturated carbocycles. The summed E-state index contributed by atoms with van der Waals surface area (Å²) >= 11 is 0. The standard InChI is InChI=1S/C19H25F16NO3Si/c1-4-37-40(38-5-2,39-6-3)11-7-9-36-10-8-12(20)13(21,22)14(23,24)15(25,26)16(27,28)17(29,30)18(31,32)19(33,34)35/h8,36H,4-7,9-11H2,1-3H3/b12-8-. The van der Waals surface area contributed by atoms with Crippen molar-refractivity contribution in [2.45, 2.75) is 74.9 Å². The van der Waals surface area contributed by atoms with Gasteiger partial charge in [0, 0.05) is 32.4 Å². The molecule has 0 aromatic heterocycles. The molecule has 0 aliphatic carbocycles. The largest absolute Gasteiger partial charge is 0.500 e. The zero-order valence-electron chi connectivity index (χ0n) is 20.8. The lowest BCUT2D eigenvalue weighted by Crippen LogP contribution is -2.72. The monoisotopic (exact) mass is 647 g/mol. The smallest absolute Gasteiger partial charge is 0.374 e. The van der Waals surface area contributed by atoms with Gasteiger partial charge in [-0.05, 0) is 39.8 Å². The van der Waals surface area contributed by atoms with Gasteiger partial charge < -0.3 is 18.6 Å². The quantitative estimate of drug-likeness (QED) is 0.0968. The summed E-state index contributed by atoms with van der Waals surface area (Å²) in [5.74, 6) is -51.9. The van der Waals surface area contributed by atoms with Gasteiger partial charge in [0.25, 0.3) is 0 Å². The molecule has 0 heterocycles. The van der Waals surface area contributed by atoms with Crippen LogP contribution in [0.4, 0.5) is 70.2 Å². The number of alkyl halides is 15. The summed E-state index contributed by atoms with van der Waals surface area (Å²) in [5.41, 5.74) is 0. The molecule has 0 saturated heterocycles. The van der Waals surface area contributed by atoms with Gasteiger partial charge in [0.05, 0.1) is 0 Å². The molecule has 4 nitrogen and oxygen atoms in total. The minimum atomic E-state index is -8.47. The van der Waals surface area contributed by atoms with Crippen LogP contribution in [0.1, 0.15) is 27.2 Å². The molecule has 1 N–H and O–H groups in total.